The van der Waals surface area contributed by atoms with Gasteiger partial charge in [0.2, 0.25) is 0 Å². The van der Waals surface area contributed by atoms with Crippen LogP contribution in [0.5, 0.6) is 0 Å². The molecule has 0 aliphatic carbocycles. The molecule has 3 heteroatoms. The first-order valence-corrected chi connectivity index (χ1v) is 4.81. The van der Waals surface area contributed by atoms with E-state index in [1.165, 1.54) is 0 Å². The SMILES string of the molecule is CCN1c2ccccc2C[C@H]1C(=O)O. The van der Waals surface area contributed by atoms with Crippen LogP contribution in [0, 0.1) is 0 Å². The Bertz CT molecular complexity index is 362. The van der Waals surface area contributed by atoms with Gasteiger partial charge in [-0.3, -0.25) is 0 Å². The summed E-state index contributed by atoms with van der Waals surface area (Å²) in [5.41, 5.74) is 2.21. The Hall–Kier alpha value is -1.51. The molecule has 1 aromatic carbocycles. The number of anilines is 1. The summed E-state index contributed by atoms with van der Waals surface area (Å²) in [6.07, 6.45) is 0.624. The van der Waals surface area contributed by atoms with Crippen molar-refractivity contribution in [3.63, 3.8) is 0 Å². The lowest BCUT2D eigenvalue weighted by atomic mass is 10.1. The molecule has 0 aromatic heterocycles. The predicted octanol–water partition coefficient (Wildman–Crippen LogP) is 1.52. The number of hydrogen-bond acceptors (Lipinski definition) is 2. The fraction of sp³-hybridized carbons (Fsp3) is 0.364. The van der Waals surface area contributed by atoms with E-state index < -0.39 is 5.97 Å². The monoisotopic (exact) mass is 191 g/mol. The van der Waals surface area contributed by atoms with E-state index in [-0.39, 0.29) is 6.04 Å². The zero-order chi connectivity index (χ0) is 10.1. The first kappa shape index (κ1) is 9.06. The molecular weight excluding hydrogens is 178 g/mol. The molecule has 14 heavy (non-hydrogen) atoms. The maximum Gasteiger partial charge on any atom is 0.326 e. The van der Waals surface area contributed by atoms with E-state index in [1.807, 2.05) is 36.1 Å². The average Bonchev–Trinajstić information content (AvgIpc) is 2.56. The minimum atomic E-state index is -0.733. The van der Waals surface area contributed by atoms with Crippen LogP contribution in [0.3, 0.4) is 0 Å². The normalized spacial score (nSPS) is 19.5. The van der Waals surface area contributed by atoms with E-state index in [0.29, 0.717) is 6.42 Å². The Labute approximate surface area is 83.0 Å². The van der Waals surface area contributed by atoms with Crippen molar-refractivity contribution < 1.29 is 9.90 Å². The smallest absolute Gasteiger partial charge is 0.326 e. The Morgan fingerprint density at radius 3 is 2.93 bits per heavy atom. The molecule has 0 amide bonds. The standard InChI is InChI=1S/C11H13NO2/c1-2-12-9-6-4-3-5-8(9)7-10(12)11(13)14/h3-6,10H,2,7H2,1H3,(H,13,14)/t10-/m0/s1. The molecule has 1 N–H and O–H groups in total. The summed E-state index contributed by atoms with van der Waals surface area (Å²) in [5.74, 6) is -0.733. The number of benzene rings is 1. The van der Waals surface area contributed by atoms with E-state index in [1.54, 1.807) is 0 Å². The maximum atomic E-state index is 11.0. The minimum Gasteiger partial charge on any atom is -0.480 e. The second kappa shape index (κ2) is 3.33. The van der Waals surface area contributed by atoms with Gasteiger partial charge in [-0.05, 0) is 18.6 Å². The lowest BCUT2D eigenvalue weighted by Crippen LogP contribution is -2.38. The van der Waals surface area contributed by atoms with Crippen molar-refractivity contribution in [2.45, 2.75) is 19.4 Å². The van der Waals surface area contributed by atoms with Gasteiger partial charge in [0, 0.05) is 18.7 Å². The highest BCUT2D eigenvalue weighted by molar-refractivity contribution is 5.82. The van der Waals surface area contributed by atoms with Gasteiger partial charge >= 0.3 is 5.97 Å². The fourth-order valence-corrected chi connectivity index (χ4v) is 2.06. The highest BCUT2D eigenvalue weighted by atomic mass is 16.4. The third-order valence-corrected chi connectivity index (χ3v) is 2.72. The second-order valence-corrected chi connectivity index (χ2v) is 3.47. The van der Waals surface area contributed by atoms with Crippen LogP contribution in [-0.4, -0.2) is 23.7 Å². The number of fused-ring (bicyclic) bond motifs is 1. The van der Waals surface area contributed by atoms with E-state index in [2.05, 4.69) is 0 Å². The Kier molecular flexibility index (Phi) is 2.15. The number of nitrogens with zero attached hydrogens (tertiary/aromatic N) is 1. The van der Waals surface area contributed by atoms with Gasteiger partial charge in [0.1, 0.15) is 6.04 Å². The van der Waals surface area contributed by atoms with Crippen molar-refractivity contribution >= 4 is 11.7 Å². The molecule has 0 saturated heterocycles. The Balaban J connectivity index is 2.38. The van der Waals surface area contributed by atoms with Gasteiger partial charge in [0.15, 0.2) is 0 Å². The topological polar surface area (TPSA) is 40.5 Å². The zero-order valence-electron chi connectivity index (χ0n) is 8.10. The number of para-hydroxylation sites is 1. The van der Waals surface area contributed by atoms with Crippen LogP contribution >= 0.6 is 0 Å². The summed E-state index contributed by atoms with van der Waals surface area (Å²) >= 11 is 0. The minimum absolute atomic E-state index is 0.377. The van der Waals surface area contributed by atoms with Crippen molar-refractivity contribution in [1.82, 2.24) is 0 Å². The highest BCUT2D eigenvalue weighted by Gasteiger charge is 2.32. The third-order valence-electron chi connectivity index (χ3n) is 2.72. The van der Waals surface area contributed by atoms with Gasteiger partial charge in [-0.1, -0.05) is 18.2 Å². The summed E-state index contributed by atoms with van der Waals surface area (Å²) in [6.45, 7) is 2.73. The van der Waals surface area contributed by atoms with Crippen molar-refractivity contribution in [3.8, 4) is 0 Å². The molecule has 74 valence electrons. The molecule has 1 aliphatic rings. The number of likely N-dealkylation sites (N-methyl/N-ethyl adjacent to an activating group) is 1. The third kappa shape index (κ3) is 1.25. The molecule has 0 saturated carbocycles. The number of carboxylic acid groups (broad SMARTS) is 1. The number of aliphatic carboxylic acids is 1. The summed E-state index contributed by atoms with van der Waals surface area (Å²) in [6, 6.07) is 7.52. The molecular formula is C11H13NO2. The summed E-state index contributed by atoms with van der Waals surface area (Å²) in [4.78, 5) is 12.9. The molecule has 1 aliphatic heterocycles. The van der Waals surface area contributed by atoms with E-state index >= 15 is 0 Å². The van der Waals surface area contributed by atoms with E-state index in [9.17, 15) is 4.79 Å². The number of carboxylic acids is 1. The molecule has 3 nitrogen and oxygen atoms in total. The summed E-state index contributed by atoms with van der Waals surface area (Å²) < 4.78 is 0. The molecule has 1 heterocycles. The van der Waals surface area contributed by atoms with Gasteiger partial charge in [-0.25, -0.2) is 4.79 Å². The van der Waals surface area contributed by atoms with Crippen LogP contribution in [0.4, 0.5) is 5.69 Å². The summed E-state index contributed by atoms with van der Waals surface area (Å²) in [7, 11) is 0. The van der Waals surface area contributed by atoms with Gasteiger partial charge in [0.25, 0.3) is 0 Å². The first-order valence-electron chi connectivity index (χ1n) is 4.81. The van der Waals surface area contributed by atoms with Gasteiger partial charge < -0.3 is 10.0 Å². The van der Waals surface area contributed by atoms with Gasteiger partial charge in [0.05, 0.1) is 0 Å². The molecule has 2 rings (SSSR count). The molecule has 0 bridgehead atoms. The van der Waals surface area contributed by atoms with E-state index in [4.69, 9.17) is 5.11 Å². The van der Waals surface area contributed by atoms with Crippen LogP contribution in [0.2, 0.25) is 0 Å². The fourth-order valence-electron chi connectivity index (χ4n) is 2.06. The molecule has 1 aromatic rings. The van der Waals surface area contributed by atoms with Crippen LogP contribution in [0.25, 0.3) is 0 Å². The van der Waals surface area contributed by atoms with E-state index in [0.717, 1.165) is 17.8 Å². The van der Waals surface area contributed by atoms with Crippen LogP contribution in [0.15, 0.2) is 24.3 Å². The predicted molar refractivity (Wildman–Crippen MR) is 54.6 cm³/mol. The lowest BCUT2D eigenvalue weighted by molar-refractivity contribution is -0.138. The largest absolute Gasteiger partial charge is 0.480 e. The molecule has 0 spiro atoms. The Morgan fingerprint density at radius 2 is 2.29 bits per heavy atom. The van der Waals surface area contributed by atoms with Gasteiger partial charge in [-0.15, -0.1) is 0 Å². The number of rotatable bonds is 2. The van der Waals surface area contributed by atoms with Crippen molar-refractivity contribution in [3.05, 3.63) is 29.8 Å². The second-order valence-electron chi connectivity index (χ2n) is 3.47. The highest BCUT2D eigenvalue weighted by Crippen LogP contribution is 2.31. The average molecular weight is 191 g/mol. The molecule has 0 unspecified atom stereocenters. The van der Waals surface area contributed by atoms with Crippen LogP contribution < -0.4 is 4.90 Å². The lowest BCUT2D eigenvalue weighted by Gasteiger charge is -2.22. The molecule has 0 fully saturated rings. The molecule has 0 radical (unpaired) electrons. The summed E-state index contributed by atoms with van der Waals surface area (Å²) in [5, 5.41) is 9.05. The number of hydrogen-bond donors (Lipinski definition) is 1. The molecule has 1 atom stereocenters. The van der Waals surface area contributed by atoms with Crippen molar-refractivity contribution in [2.75, 3.05) is 11.4 Å². The van der Waals surface area contributed by atoms with Crippen LogP contribution in [0.1, 0.15) is 12.5 Å². The first-order chi connectivity index (χ1) is 6.74. The Morgan fingerprint density at radius 1 is 1.57 bits per heavy atom. The quantitative estimate of drug-likeness (QED) is 0.770. The van der Waals surface area contributed by atoms with Crippen molar-refractivity contribution in [1.29, 1.82) is 0 Å². The van der Waals surface area contributed by atoms with Crippen LogP contribution in [-0.2, 0) is 11.2 Å². The number of carbonyl (C=O) groups is 1. The zero-order valence-corrected chi connectivity index (χ0v) is 8.10. The maximum absolute atomic E-state index is 11.0. The van der Waals surface area contributed by atoms with Crippen molar-refractivity contribution in [2.24, 2.45) is 0 Å². The van der Waals surface area contributed by atoms with Gasteiger partial charge in [-0.2, -0.15) is 0 Å².